The molecule has 1 aromatic carbocycles. The van der Waals surface area contributed by atoms with E-state index in [9.17, 15) is 4.79 Å². The molecule has 3 heterocycles. The van der Waals surface area contributed by atoms with E-state index in [1.165, 1.54) is 0 Å². The Hall–Kier alpha value is -2.47. The Bertz CT molecular complexity index is 855. The molecule has 4 rings (SSSR count). The van der Waals surface area contributed by atoms with E-state index in [-0.39, 0.29) is 12.0 Å². The molecule has 6 heteroatoms. The van der Waals surface area contributed by atoms with Crippen LogP contribution < -0.4 is 4.74 Å². The number of aryl methyl sites for hydroxylation is 1. The molecule has 1 fully saturated rings. The molecule has 2 aliphatic heterocycles. The lowest BCUT2D eigenvalue weighted by molar-refractivity contribution is -0.130. The van der Waals surface area contributed by atoms with Gasteiger partial charge in [0.2, 0.25) is 5.91 Å². The molecule has 0 saturated carbocycles. The van der Waals surface area contributed by atoms with Gasteiger partial charge >= 0.3 is 0 Å². The van der Waals surface area contributed by atoms with E-state index in [1.54, 1.807) is 6.92 Å². The first-order valence-electron chi connectivity index (χ1n) is 11.1. The molecule has 6 nitrogen and oxygen atoms in total. The monoisotopic (exact) mass is 408 g/mol. The molecular formula is C24H32N4O2. The Morgan fingerprint density at radius 2 is 2.00 bits per heavy atom. The van der Waals surface area contributed by atoms with Crippen molar-refractivity contribution in [3.05, 3.63) is 53.6 Å². The first-order valence-corrected chi connectivity index (χ1v) is 11.1. The van der Waals surface area contributed by atoms with Crippen LogP contribution in [-0.4, -0.2) is 51.4 Å². The minimum atomic E-state index is 0.0172. The Kier molecular flexibility index (Phi) is 6.62. The number of nitrogens with zero attached hydrogens (tertiary/aromatic N) is 4. The van der Waals surface area contributed by atoms with Crippen LogP contribution in [0.3, 0.4) is 0 Å². The summed E-state index contributed by atoms with van der Waals surface area (Å²) in [4.78, 5) is 25.6. The molecule has 30 heavy (non-hydrogen) atoms. The van der Waals surface area contributed by atoms with Crippen LogP contribution in [0.4, 0.5) is 0 Å². The Balaban J connectivity index is 1.44. The average molecular weight is 409 g/mol. The van der Waals surface area contributed by atoms with Crippen molar-refractivity contribution in [3.8, 4) is 5.75 Å². The van der Waals surface area contributed by atoms with Crippen LogP contribution in [0.15, 0.2) is 36.7 Å². The first-order chi connectivity index (χ1) is 14.6. The first kappa shape index (κ1) is 20.8. The standard InChI is InChI=1S/C24H32N4O2/c1-3-7-24-25-12-19(13-26-24)14-27-11-6-9-20(15-27)23-17-28(18(2)29)16-21-8-4-5-10-22(21)30-23/h4-5,8,10,12-13,20,23H,3,6-7,9,11,14-17H2,1-2H3/t20-,23-/m0/s1. The number of carbonyl (C=O) groups is 1. The quantitative estimate of drug-likeness (QED) is 0.758. The molecule has 2 atom stereocenters. The van der Waals surface area contributed by atoms with Gasteiger partial charge in [-0.2, -0.15) is 0 Å². The van der Waals surface area contributed by atoms with Crippen molar-refractivity contribution < 1.29 is 9.53 Å². The van der Waals surface area contributed by atoms with E-state index in [0.29, 0.717) is 19.0 Å². The largest absolute Gasteiger partial charge is 0.488 e. The van der Waals surface area contributed by atoms with E-state index in [2.05, 4.69) is 27.9 Å². The molecule has 1 amide bonds. The highest BCUT2D eigenvalue weighted by Crippen LogP contribution is 2.30. The Morgan fingerprint density at radius 3 is 2.77 bits per heavy atom. The number of ether oxygens (including phenoxy) is 1. The van der Waals surface area contributed by atoms with Crippen molar-refractivity contribution in [3.63, 3.8) is 0 Å². The second kappa shape index (κ2) is 9.56. The summed E-state index contributed by atoms with van der Waals surface area (Å²) in [7, 11) is 0. The highest BCUT2D eigenvalue weighted by molar-refractivity contribution is 5.73. The lowest BCUT2D eigenvalue weighted by atomic mass is 9.91. The zero-order valence-electron chi connectivity index (χ0n) is 18.1. The number of carbonyl (C=O) groups excluding carboxylic acids is 1. The highest BCUT2D eigenvalue weighted by atomic mass is 16.5. The summed E-state index contributed by atoms with van der Waals surface area (Å²) < 4.78 is 6.47. The van der Waals surface area contributed by atoms with Gasteiger partial charge in [0.05, 0.1) is 6.54 Å². The van der Waals surface area contributed by atoms with E-state index >= 15 is 0 Å². The van der Waals surface area contributed by atoms with Gasteiger partial charge in [0.15, 0.2) is 0 Å². The lowest BCUT2D eigenvalue weighted by Gasteiger charge is -2.37. The molecule has 0 aliphatic carbocycles. The molecule has 1 saturated heterocycles. The number of hydrogen-bond donors (Lipinski definition) is 0. The number of aromatic nitrogens is 2. The third-order valence-electron chi connectivity index (χ3n) is 6.16. The van der Waals surface area contributed by atoms with Crippen molar-refractivity contribution in [1.82, 2.24) is 19.8 Å². The molecule has 160 valence electrons. The van der Waals surface area contributed by atoms with Crippen LogP contribution in [0.25, 0.3) is 0 Å². The molecule has 2 aliphatic rings. The zero-order valence-corrected chi connectivity index (χ0v) is 18.1. The number of rotatable bonds is 5. The number of piperidine rings is 1. The molecule has 0 spiro atoms. The van der Waals surface area contributed by atoms with Crippen LogP contribution in [0.1, 0.15) is 50.1 Å². The van der Waals surface area contributed by atoms with E-state index in [0.717, 1.165) is 68.0 Å². The van der Waals surface area contributed by atoms with Gasteiger partial charge in [-0.15, -0.1) is 0 Å². The maximum Gasteiger partial charge on any atom is 0.219 e. The fourth-order valence-corrected chi connectivity index (χ4v) is 4.53. The maximum absolute atomic E-state index is 12.2. The van der Waals surface area contributed by atoms with Gasteiger partial charge < -0.3 is 9.64 Å². The van der Waals surface area contributed by atoms with Gasteiger partial charge in [-0.05, 0) is 31.9 Å². The van der Waals surface area contributed by atoms with Crippen LogP contribution in [0.5, 0.6) is 5.75 Å². The van der Waals surface area contributed by atoms with Crippen molar-refractivity contribution in [2.24, 2.45) is 5.92 Å². The van der Waals surface area contributed by atoms with E-state index in [1.807, 2.05) is 35.5 Å². The summed E-state index contributed by atoms with van der Waals surface area (Å²) in [5, 5.41) is 0. The minimum Gasteiger partial charge on any atom is -0.488 e. The number of amides is 1. The number of fused-ring (bicyclic) bond motifs is 1. The minimum absolute atomic E-state index is 0.0172. The Labute approximate surface area is 179 Å². The number of para-hydroxylation sites is 1. The molecule has 0 N–H and O–H groups in total. The SMILES string of the molecule is CCCc1ncc(CN2CCC[C@H]([C@@H]3CN(C(C)=O)Cc4ccccc4O3)C2)cn1. The van der Waals surface area contributed by atoms with Crippen LogP contribution >= 0.6 is 0 Å². The fraction of sp³-hybridized carbons (Fsp3) is 0.542. The van der Waals surface area contributed by atoms with Gasteiger partial charge in [0.1, 0.15) is 17.7 Å². The predicted octanol–water partition coefficient (Wildman–Crippen LogP) is 3.45. The van der Waals surface area contributed by atoms with Crippen molar-refractivity contribution in [2.75, 3.05) is 19.6 Å². The summed E-state index contributed by atoms with van der Waals surface area (Å²) in [6.07, 6.45) is 8.22. The fourth-order valence-electron chi connectivity index (χ4n) is 4.53. The van der Waals surface area contributed by atoms with Crippen LogP contribution in [0, 0.1) is 5.92 Å². The molecular weight excluding hydrogens is 376 g/mol. The van der Waals surface area contributed by atoms with Gasteiger partial charge in [0.25, 0.3) is 0 Å². The lowest BCUT2D eigenvalue weighted by Crippen LogP contribution is -2.46. The topological polar surface area (TPSA) is 58.6 Å². The summed E-state index contributed by atoms with van der Waals surface area (Å²) in [5.41, 5.74) is 2.25. The van der Waals surface area contributed by atoms with E-state index in [4.69, 9.17) is 4.74 Å². The Morgan fingerprint density at radius 1 is 1.20 bits per heavy atom. The van der Waals surface area contributed by atoms with Gasteiger partial charge in [0, 0.05) is 62.4 Å². The third kappa shape index (κ3) is 4.98. The number of likely N-dealkylation sites (tertiary alicyclic amines) is 1. The third-order valence-corrected chi connectivity index (χ3v) is 6.16. The molecule has 2 aromatic rings. The zero-order chi connectivity index (χ0) is 20.9. The molecule has 0 bridgehead atoms. The van der Waals surface area contributed by atoms with Gasteiger partial charge in [-0.3, -0.25) is 9.69 Å². The normalized spacial score (nSPS) is 22.1. The van der Waals surface area contributed by atoms with Crippen molar-refractivity contribution >= 4 is 5.91 Å². The van der Waals surface area contributed by atoms with E-state index < -0.39 is 0 Å². The van der Waals surface area contributed by atoms with Gasteiger partial charge in [-0.25, -0.2) is 9.97 Å². The second-order valence-electron chi connectivity index (χ2n) is 8.56. The van der Waals surface area contributed by atoms with Crippen LogP contribution in [-0.2, 0) is 24.3 Å². The maximum atomic E-state index is 12.2. The summed E-state index contributed by atoms with van der Waals surface area (Å²) in [6, 6.07) is 8.11. The molecule has 1 aromatic heterocycles. The average Bonchev–Trinajstić information content (AvgIpc) is 2.96. The predicted molar refractivity (Wildman–Crippen MR) is 116 cm³/mol. The second-order valence-corrected chi connectivity index (χ2v) is 8.56. The van der Waals surface area contributed by atoms with Crippen LogP contribution in [0.2, 0.25) is 0 Å². The van der Waals surface area contributed by atoms with Gasteiger partial charge in [-0.1, -0.05) is 25.1 Å². The smallest absolute Gasteiger partial charge is 0.219 e. The number of hydrogen-bond acceptors (Lipinski definition) is 5. The number of benzene rings is 1. The summed E-state index contributed by atoms with van der Waals surface area (Å²) in [5.74, 6) is 2.35. The molecule has 0 radical (unpaired) electrons. The summed E-state index contributed by atoms with van der Waals surface area (Å²) >= 11 is 0. The van der Waals surface area contributed by atoms with Crippen molar-refractivity contribution in [2.45, 2.75) is 58.7 Å². The van der Waals surface area contributed by atoms with Crippen molar-refractivity contribution in [1.29, 1.82) is 0 Å². The molecule has 0 unspecified atom stereocenters. The highest BCUT2D eigenvalue weighted by Gasteiger charge is 2.33. The summed E-state index contributed by atoms with van der Waals surface area (Å²) in [6.45, 7) is 7.98.